The molecule has 2 aromatic heterocycles. The maximum Gasteiger partial charge on any atom is 0.192 e. The van der Waals surface area contributed by atoms with E-state index in [2.05, 4.69) is 15.0 Å². The van der Waals surface area contributed by atoms with Crippen LogP contribution in [0, 0.1) is 13.8 Å². The van der Waals surface area contributed by atoms with Gasteiger partial charge >= 0.3 is 0 Å². The van der Waals surface area contributed by atoms with E-state index in [1.807, 2.05) is 38.1 Å². The molecular formula is C14H14N4O. The first-order valence-electron chi connectivity index (χ1n) is 6.08. The number of rotatable bonds is 2. The summed E-state index contributed by atoms with van der Waals surface area (Å²) in [7, 11) is 0. The zero-order valence-corrected chi connectivity index (χ0v) is 10.8. The Bertz CT molecular complexity index is 748. The minimum absolute atomic E-state index is 0.404. The van der Waals surface area contributed by atoms with Gasteiger partial charge in [0.25, 0.3) is 0 Å². The lowest BCUT2D eigenvalue weighted by Crippen LogP contribution is -2.03. The Morgan fingerprint density at radius 1 is 1.11 bits per heavy atom. The second-order valence-electron chi connectivity index (χ2n) is 4.41. The molecule has 0 bridgehead atoms. The van der Waals surface area contributed by atoms with E-state index in [1.54, 1.807) is 0 Å². The second kappa shape index (κ2) is 4.44. The first kappa shape index (κ1) is 11.8. The fourth-order valence-corrected chi connectivity index (χ4v) is 2.08. The molecule has 96 valence electrons. The zero-order valence-electron chi connectivity index (χ0n) is 10.8. The van der Waals surface area contributed by atoms with Crippen LogP contribution in [0.2, 0.25) is 0 Å². The highest BCUT2D eigenvalue weighted by Gasteiger charge is 2.07. The van der Waals surface area contributed by atoms with E-state index in [-0.39, 0.29) is 0 Å². The third-order valence-corrected chi connectivity index (χ3v) is 2.89. The molecule has 0 unspecified atom stereocenters. The lowest BCUT2D eigenvalue weighted by molar-refractivity contribution is 0.561. The van der Waals surface area contributed by atoms with Crippen LogP contribution in [-0.2, 0) is 6.54 Å². The van der Waals surface area contributed by atoms with Gasteiger partial charge in [-0.1, -0.05) is 0 Å². The third kappa shape index (κ3) is 2.20. The molecule has 0 aliphatic carbocycles. The van der Waals surface area contributed by atoms with E-state index in [4.69, 9.17) is 10.2 Å². The van der Waals surface area contributed by atoms with E-state index in [9.17, 15) is 0 Å². The van der Waals surface area contributed by atoms with Crippen LogP contribution in [-0.4, -0.2) is 15.0 Å². The number of aryl methyl sites for hydroxylation is 2. The molecule has 19 heavy (non-hydrogen) atoms. The van der Waals surface area contributed by atoms with E-state index in [1.165, 1.54) is 0 Å². The van der Waals surface area contributed by atoms with Crippen molar-refractivity contribution >= 4 is 11.1 Å². The molecule has 0 saturated carbocycles. The summed E-state index contributed by atoms with van der Waals surface area (Å²) in [6.45, 7) is 4.10. The molecule has 0 saturated heterocycles. The van der Waals surface area contributed by atoms with Gasteiger partial charge in [0, 0.05) is 19.0 Å². The van der Waals surface area contributed by atoms with Crippen LogP contribution in [0.4, 0.5) is 0 Å². The molecule has 0 aliphatic rings. The van der Waals surface area contributed by atoms with Crippen LogP contribution in [0.3, 0.4) is 0 Å². The van der Waals surface area contributed by atoms with Gasteiger partial charge in [-0.25, -0.2) is 15.0 Å². The number of oxazole rings is 1. The Balaban J connectivity index is 2.15. The molecule has 1 aromatic carbocycles. The topological polar surface area (TPSA) is 77.8 Å². The molecule has 2 heterocycles. The summed E-state index contributed by atoms with van der Waals surface area (Å²) in [4.78, 5) is 13.0. The van der Waals surface area contributed by atoms with Crippen LogP contribution in [0.25, 0.3) is 22.4 Å². The van der Waals surface area contributed by atoms with Crippen LogP contribution in [0.5, 0.6) is 0 Å². The van der Waals surface area contributed by atoms with E-state index in [0.717, 1.165) is 33.9 Å². The van der Waals surface area contributed by atoms with Crippen LogP contribution >= 0.6 is 0 Å². The van der Waals surface area contributed by atoms with Crippen molar-refractivity contribution in [2.45, 2.75) is 20.4 Å². The van der Waals surface area contributed by atoms with Gasteiger partial charge in [0.2, 0.25) is 0 Å². The van der Waals surface area contributed by atoms with Crippen molar-refractivity contribution < 1.29 is 4.42 Å². The quantitative estimate of drug-likeness (QED) is 0.759. The predicted octanol–water partition coefficient (Wildman–Crippen LogP) is 2.36. The number of nitrogens with two attached hydrogens (primary N) is 1. The molecule has 0 atom stereocenters. The van der Waals surface area contributed by atoms with Crippen LogP contribution in [0.15, 0.2) is 28.7 Å². The first-order chi connectivity index (χ1) is 9.15. The zero-order chi connectivity index (χ0) is 13.4. The Morgan fingerprint density at radius 2 is 1.95 bits per heavy atom. The Hall–Kier alpha value is -2.27. The number of hydrogen-bond acceptors (Lipinski definition) is 5. The molecule has 5 heteroatoms. The van der Waals surface area contributed by atoms with E-state index >= 15 is 0 Å². The summed E-state index contributed by atoms with van der Waals surface area (Å²) in [5.41, 5.74) is 9.94. The highest BCUT2D eigenvalue weighted by Crippen LogP contribution is 2.23. The Morgan fingerprint density at radius 3 is 2.74 bits per heavy atom. The maximum absolute atomic E-state index is 5.64. The SMILES string of the molecule is Cc1nc(CN)cc(-c2ccc3oc(C)nc3c2)n1. The number of benzene rings is 1. The first-order valence-corrected chi connectivity index (χ1v) is 6.08. The maximum atomic E-state index is 5.64. The smallest absolute Gasteiger partial charge is 0.192 e. The largest absolute Gasteiger partial charge is 0.441 e. The van der Waals surface area contributed by atoms with Crippen molar-refractivity contribution in [1.82, 2.24) is 15.0 Å². The fourth-order valence-electron chi connectivity index (χ4n) is 2.08. The number of hydrogen-bond donors (Lipinski definition) is 1. The van der Waals surface area contributed by atoms with Crippen molar-refractivity contribution in [2.75, 3.05) is 0 Å². The monoisotopic (exact) mass is 254 g/mol. The standard InChI is InChI=1S/C14H14N4O/c1-8-16-11(7-15)6-12(17-8)10-3-4-14-13(5-10)18-9(2)19-14/h3-6H,7,15H2,1-2H3. The van der Waals surface area contributed by atoms with Gasteiger partial charge in [-0.3, -0.25) is 0 Å². The molecule has 0 fully saturated rings. The minimum atomic E-state index is 0.404. The fraction of sp³-hybridized carbons (Fsp3) is 0.214. The number of aromatic nitrogens is 3. The summed E-state index contributed by atoms with van der Waals surface area (Å²) >= 11 is 0. The van der Waals surface area contributed by atoms with Crippen molar-refractivity contribution in [3.8, 4) is 11.3 Å². The summed E-state index contributed by atoms with van der Waals surface area (Å²) < 4.78 is 5.46. The van der Waals surface area contributed by atoms with E-state index < -0.39 is 0 Å². The summed E-state index contributed by atoms with van der Waals surface area (Å²) in [5.74, 6) is 1.38. The highest BCUT2D eigenvalue weighted by molar-refractivity contribution is 5.79. The highest BCUT2D eigenvalue weighted by atomic mass is 16.3. The summed E-state index contributed by atoms with van der Waals surface area (Å²) in [5, 5.41) is 0. The van der Waals surface area contributed by atoms with Gasteiger partial charge in [-0.15, -0.1) is 0 Å². The van der Waals surface area contributed by atoms with Gasteiger partial charge in [-0.05, 0) is 31.2 Å². The summed E-state index contributed by atoms with van der Waals surface area (Å²) in [6.07, 6.45) is 0. The van der Waals surface area contributed by atoms with Gasteiger partial charge in [0.1, 0.15) is 11.3 Å². The number of nitrogens with zero attached hydrogens (tertiary/aromatic N) is 3. The normalized spacial score (nSPS) is 11.1. The van der Waals surface area contributed by atoms with Crippen molar-refractivity contribution in [3.63, 3.8) is 0 Å². The van der Waals surface area contributed by atoms with Crippen molar-refractivity contribution in [2.24, 2.45) is 5.73 Å². The molecule has 0 aliphatic heterocycles. The Kier molecular flexibility index (Phi) is 2.76. The van der Waals surface area contributed by atoms with Gasteiger partial charge < -0.3 is 10.2 Å². The molecule has 2 N–H and O–H groups in total. The van der Waals surface area contributed by atoms with Crippen LogP contribution < -0.4 is 5.73 Å². The van der Waals surface area contributed by atoms with Gasteiger partial charge in [-0.2, -0.15) is 0 Å². The molecule has 5 nitrogen and oxygen atoms in total. The van der Waals surface area contributed by atoms with Crippen LogP contribution in [0.1, 0.15) is 17.4 Å². The Labute approximate surface area is 110 Å². The average molecular weight is 254 g/mol. The lowest BCUT2D eigenvalue weighted by Gasteiger charge is -2.04. The molecular weight excluding hydrogens is 240 g/mol. The third-order valence-electron chi connectivity index (χ3n) is 2.89. The predicted molar refractivity (Wildman–Crippen MR) is 72.4 cm³/mol. The molecule has 0 amide bonds. The molecule has 3 aromatic rings. The van der Waals surface area contributed by atoms with Crippen molar-refractivity contribution in [1.29, 1.82) is 0 Å². The van der Waals surface area contributed by atoms with E-state index in [0.29, 0.717) is 12.4 Å². The average Bonchev–Trinajstić information content (AvgIpc) is 2.76. The molecule has 3 rings (SSSR count). The van der Waals surface area contributed by atoms with Crippen molar-refractivity contribution in [3.05, 3.63) is 41.7 Å². The van der Waals surface area contributed by atoms with Gasteiger partial charge in [0.05, 0.1) is 11.4 Å². The minimum Gasteiger partial charge on any atom is -0.441 e. The lowest BCUT2D eigenvalue weighted by atomic mass is 10.1. The second-order valence-corrected chi connectivity index (χ2v) is 4.41. The van der Waals surface area contributed by atoms with Gasteiger partial charge in [0.15, 0.2) is 11.5 Å². The summed E-state index contributed by atoms with van der Waals surface area (Å²) in [6, 6.07) is 7.74. The molecule has 0 spiro atoms. The molecule has 0 radical (unpaired) electrons. The number of fused-ring (bicyclic) bond motifs is 1.